The standard InChI is InChI=1S/C21H18ClNO2S/c22-18-11-12-20(26-15-17-9-5-2-6-10-17)19(13-18)21(24)23-25-14-16-7-3-1-4-8-16/h1-13H,14-15H2,(H,23,24). The summed E-state index contributed by atoms with van der Waals surface area (Å²) in [7, 11) is 0. The number of hydrogen-bond donors (Lipinski definition) is 1. The van der Waals surface area contributed by atoms with Crippen molar-refractivity contribution in [3.8, 4) is 0 Å². The van der Waals surface area contributed by atoms with Crippen molar-refractivity contribution in [2.75, 3.05) is 0 Å². The Labute approximate surface area is 162 Å². The smallest absolute Gasteiger partial charge is 0.269 e. The Hall–Kier alpha value is -2.27. The van der Waals surface area contributed by atoms with E-state index in [9.17, 15) is 4.79 Å². The van der Waals surface area contributed by atoms with Crippen molar-refractivity contribution in [3.63, 3.8) is 0 Å². The van der Waals surface area contributed by atoms with E-state index >= 15 is 0 Å². The molecule has 3 aromatic rings. The first-order valence-corrected chi connectivity index (χ1v) is 9.51. The maximum Gasteiger partial charge on any atom is 0.276 e. The van der Waals surface area contributed by atoms with Crippen molar-refractivity contribution in [3.05, 3.63) is 101 Å². The van der Waals surface area contributed by atoms with Gasteiger partial charge < -0.3 is 0 Å². The molecular weight excluding hydrogens is 366 g/mol. The molecule has 0 fully saturated rings. The zero-order valence-corrected chi connectivity index (χ0v) is 15.6. The van der Waals surface area contributed by atoms with Crippen LogP contribution in [0, 0.1) is 0 Å². The number of rotatable bonds is 7. The molecule has 0 atom stereocenters. The summed E-state index contributed by atoms with van der Waals surface area (Å²) in [6, 6.07) is 25.1. The molecular formula is C21H18ClNO2S. The van der Waals surface area contributed by atoms with E-state index in [1.54, 1.807) is 23.9 Å². The zero-order valence-electron chi connectivity index (χ0n) is 14.0. The number of nitrogens with one attached hydrogen (secondary N) is 1. The average Bonchev–Trinajstić information content (AvgIpc) is 2.68. The monoisotopic (exact) mass is 383 g/mol. The lowest BCUT2D eigenvalue weighted by molar-refractivity contribution is 0.0231. The molecule has 0 radical (unpaired) electrons. The molecule has 0 heterocycles. The molecule has 3 aromatic carbocycles. The maximum atomic E-state index is 12.5. The van der Waals surface area contributed by atoms with E-state index in [1.807, 2.05) is 54.6 Å². The molecule has 0 saturated carbocycles. The second-order valence-electron chi connectivity index (χ2n) is 5.62. The van der Waals surface area contributed by atoms with Crippen LogP contribution in [0.5, 0.6) is 0 Å². The quantitative estimate of drug-likeness (QED) is 0.432. The molecule has 0 saturated heterocycles. The summed E-state index contributed by atoms with van der Waals surface area (Å²) in [5.41, 5.74) is 5.19. The molecule has 26 heavy (non-hydrogen) atoms. The summed E-state index contributed by atoms with van der Waals surface area (Å²) >= 11 is 7.67. The molecule has 0 aliphatic rings. The average molecular weight is 384 g/mol. The van der Waals surface area contributed by atoms with Gasteiger partial charge in [0.1, 0.15) is 0 Å². The molecule has 1 amide bonds. The van der Waals surface area contributed by atoms with Crippen molar-refractivity contribution >= 4 is 29.3 Å². The summed E-state index contributed by atoms with van der Waals surface area (Å²) in [6.07, 6.45) is 0. The van der Waals surface area contributed by atoms with Crippen molar-refractivity contribution in [1.82, 2.24) is 5.48 Å². The topological polar surface area (TPSA) is 38.3 Å². The Bertz CT molecular complexity index is 856. The zero-order chi connectivity index (χ0) is 18.2. The first-order valence-electron chi connectivity index (χ1n) is 8.15. The molecule has 0 aliphatic carbocycles. The molecule has 0 aromatic heterocycles. The van der Waals surface area contributed by atoms with Crippen molar-refractivity contribution in [1.29, 1.82) is 0 Å². The van der Waals surface area contributed by atoms with Gasteiger partial charge in [-0.05, 0) is 29.3 Å². The number of thioether (sulfide) groups is 1. The van der Waals surface area contributed by atoms with Crippen LogP contribution in [0.3, 0.4) is 0 Å². The third-order valence-corrected chi connectivity index (χ3v) is 5.05. The summed E-state index contributed by atoms with van der Waals surface area (Å²) < 4.78 is 0. The highest BCUT2D eigenvalue weighted by Gasteiger charge is 2.13. The highest BCUT2D eigenvalue weighted by molar-refractivity contribution is 7.98. The molecule has 0 aliphatic heterocycles. The predicted octanol–water partition coefficient (Wildman–Crippen LogP) is 5.49. The van der Waals surface area contributed by atoms with Crippen LogP contribution in [-0.4, -0.2) is 5.91 Å². The fraction of sp³-hybridized carbons (Fsp3) is 0.0952. The fourth-order valence-corrected chi connectivity index (χ4v) is 3.51. The molecule has 0 unspecified atom stereocenters. The molecule has 5 heteroatoms. The summed E-state index contributed by atoms with van der Waals surface area (Å²) in [5.74, 6) is 0.465. The highest BCUT2D eigenvalue weighted by Crippen LogP contribution is 2.28. The molecule has 0 spiro atoms. The van der Waals surface area contributed by atoms with Crippen LogP contribution < -0.4 is 5.48 Å². The van der Waals surface area contributed by atoms with Crippen LogP contribution in [0.2, 0.25) is 5.02 Å². The molecule has 3 nitrogen and oxygen atoms in total. The van der Waals surface area contributed by atoms with Gasteiger partial charge in [0.15, 0.2) is 0 Å². The first-order chi connectivity index (χ1) is 12.7. The summed E-state index contributed by atoms with van der Waals surface area (Å²) in [5, 5.41) is 0.516. The van der Waals surface area contributed by atoms with E-state index < -0.39 is 0 Å². The number of halogens is 1. The Morgan fingerprint density at radius 1 is 0.923 bits per heavy atom. The number of carbonyl (C=O) groups is 1. The fourth-order valence-electron chi connectivity index (χ4n) is 2.36. The van der Waals surface area contributed by atoms with E-state index in [1.165, 1.54) is 5.56 Å². The van der Waals surface area contributed by atoms with Gasteiger partial charge in [-0.2, -0.15) is 0 Å². The minimum Gasteiger partial charge on any atom is -0.269 e. The highest BCUT2D eigenvalue weighted by atomic mass is 35.5. The van der Waals surface area contributed by atoms with Crippen LogP contribution in [0.15, 0.2) is 83.8 Å². The number of carbonyl (C=O) groups excluding carboxylic acids is 1. The van der Waals surface area contributed by atoms with Crippen LogP contribution in [0.25, 0.3) is 0 Å². The number of benzene rings is 3. The van der Waals surface area contributed by atoms with Gasteiger partial charge in [-0.1, -0.05) is 72.3 Å². The molecule has 3 rings (SSSR count). The third-order valence-electron chi connectivity index (χ3n) is 3.67. The number of hydroxylamine groups is 1. The minimum absolute atomic E-state index is 0.305. The predicted molar refractivity (Wildman–Crippen MR) is 106 cm³/mol. The third kappa shape index (κ3) is 5.36. The SMILES string of the molecule is O=C(NOCc1ccccc1)c1cc(Cl)ccc1SCc1ccccc1. The van der Waals surface area contributed by atoms with Crippen LogP contribution >= 0.6 is 23.4 Å². The molecule has 132 valence electrons. The summed E-state index contributed by atoms with van der Waals surface area (Å²) in [4.78, 5) is 18.7. The van der Waals surface area contributed by atoms with Gasteiger partial charge in [0.05, 0.1) is 12.2 Å². The van der Waals surface area contributed by atoms with Gasteiger partial charge in [-0.3, -0.25) is 9.63 Å². The van der Waals surface area contributed by atoms with E-state index in [0.717, 1.165) is 16.2 Å². The lowest BCUT2D eigenvalue weighted by Gasteiger charge is -2.11. The second-order valence-corrected chi connectivity index (χ2v) is 7.07. The van der Waals surface area contributed by atoms with E-state index in [-0.39, 0.29) is 5.91 Å². The number of hydrogen-bond acceptors (Lipinski definition) is 3. The van der Waals surface area contributed by atoms with Crippen LogP contribution in [-0.2, 0) is 17.2 Å². The van der Waals surface area contributed by atoms with Gasteiger partial charge in [-0.15, -0.1) is 11.8 Å². The van der Waals surface area contributed by atoms with Gasteiger partial charge in [-0.25, -0.2) is 5.48 Å². The van der Waals surface area contributed by atoms with Crippen molar-refractivity contribution in [2.24, 2.45) is 0 Å². The largest absolute Gasteiger partial charge is 0.276 e. The van der Waals surface area contributed by atoms with Gasteiger partial charge in [0, 0.05) is 15.7 Å². The lowest BCUT2D eigenvalue weighted by Crippen LogP contribution is -2.24. The van der Waals surface area contributed by atoms with Gasteiger partial charge >= 0.3 is 0 Å². The lowest BCUT2D eigenvalue weighted by atomic mass is 10.2. The first kappa shape index (κ1) is 18.5. The second kappa shape index (κ2) is 9.43. The number of amides is 1. The normalized spacial score (nSPS) is 10.5. The molecule has 1 N–H and O–H groups in total. The Balaban J connectivity index is 1.63. The van der Waals surface area contributed by atoms with Crippen LogP contribution in [0.4, 0.5) is 0 Å². The maximum absolute atomic E-state index is 12.5. The van der Waals surface area contributed by atoms with Crippen molar-refractivity contribution in [2.45, 2.75) is 17.3 Å². The Kier molecular flexibility index (Phi) is 6.72. The van der Waals surface area contributed by atoms with E-state index in [2.05, 4.69) is 17.6 Å². The minimum atomic E-state index is -0.306. The van der Waals surface area contributed by atoms with Crippen molar-refractivity contribution < 1.29 is 9.63 Å². The van der Waals surface area contributed by atoms with Crippen LogP contribution in [0.1, 0.15) is 21.5 Å². The van der Waals surface area contributed by atoms with E-state index in [0.29, 0.717) is 17.2 Å². The van der Waals surface area contributed by atoms with Gasteiger partial charge in [0.2, 0.25) is 0 Å². The van der Waals surface area contributed by atoms with Gasteiger partial charge in [0.25, 0.3) is 5.91 Å². The Morgan fingerprint density at radius 2 is 1.58 bits per heavy atom. The summed E-state index contributed by atoms with van der Waals surface area (Å²) in [6.45, 7) is 0.305. The Morgan fingerprint density at radius 3 is 2.27 bits per heavy atom. The van der Waals surface area contributed by atoms with E-state index in [4.69, 9.17) is 16.4 Å². The molecule has 0 bridgehead atoms.